The van der Waals surface area contributed by atoms with Crippen molar-refractivity contribution in [3.63, 3.8) is 0 Å². The Bertz CT molecular complexity index is 1650. The first-order chi connectivity index (χ1) is 22.2. The number of carboxylic acid groups (broad SMARTS) is 2. The number of halogens is 2. The molecule has 10 nitrogen and oxygen atoms in total. The summed E-state index contributed by atoms with van der Waals surface area (Å²) in [5.41, 5.74) is 1.79. The van der Waals surface area contributed by atoms with Crippen LogP contribution in [-0.2, 0) is 27.3 Å². The molecule has 2 aliphatic rings. The number of hydrogen-bond acceptors (Lipinski definition) is 8. The number of carbonyl (C=O) groups excluding carboxylic acids is 1. The molecule has 1 saturated heterocycles. The van der Waals surface area contributed by atoms with E-state index in [1.807, 2.05) is 47.4 Å². The fraction of sp³-hybridized carbons (Fsp3) is 0.294. The average Bonchev–Trinajstić information content (AvgIpc) is 3.05. The molecule has 0 bridgehead atoms. The number of aldehydes is 1. The summed E-state index contributed by atoms with van der Waals surface area (Å²) in [6.07, 6.45) is 3.00. The van der Waals surface area contributed by atoms with Crippen LogP contribution in [-0.4, -0.2) is 82.6 Å². The number of carboxylic acids is 2. The second-order valence-electron chi connectivity index (χ2n) is 11.0. The van der Waals surface area contributed by atoms with Gasteiger partial charge in [-0.3, -0.25) is 14.8 Å². The first-order valence-corrected chi connectivity index (χ1v) is 15.6. The van der Waals surface area contributed by atoms with Crippen molar-refractivity contribution < 1.29 is 29.3 Å². The number of ether oxygens (including phenoxy) is 1. The fourth-order valence-corrected chi connectivity index (χ4v) is 6.81. The quantitative estimate of drug-likeness (QED) is 0.232. The second kappa shape index (κ2) is 14.9. The van der Waals surface area contributed by atoms with Crippen LogP contribution in [0.5, 0.6) is 5.75 Å². The number of benzene rings is 2. The summed E-state index contributed by atoms with van der Waals surface area (Å²) < 4.78 is 5.50. The third-order valence-electron chi connectivity index (χ3n) is 8.40. The van der Waals surface area contributed by atoms with Crippen LogP contribution in [0.1, 0.15) is 29.2 Å². The van der Waals surface area contributed by atoms with Gasteiger partial charge in [0.15, 0.2) is 0 Å². The molecule has 0 spiro atoms. The molecule has 3 aromatic rings. The normalized spacial score (nSPS) is 18.2. The number of para-hydroxylation sites is 1. The van der Waals surface area contributed by atoms with Crippen LogP contribution in [0, 0.1) is 0 Å². The number of nitrogens with zero attached hydrogens (tertiary/aromatic N) is 3. The van der Waals surface area contributed by atoms with Gasteiger partial charge in [-0.1, -0.05) is 53.5 Å². The molecule has 0 radical (unpaired) electrons. The van der Waals surface area contributed by atoms with Crippen molar-refractivity contribution in [3.8, 4) is 5.75 Å². The van der Waals surface area contributed by atoms with E-state index in [0.29, 0.717) is 51.2 Å². The van der Waals surface area contributed by atoms with Crippen LogP contribution >= 0.6 is 23.2 Å². The zero-order chi connectivity index (χ0) is 32.8. The Kier molecular flexibility index (Phi) is 10.7. The van der Waals surface area contributed by atoms with E-state index >= 15 is 0 Å². The van der Waals surface area contributed by atoms with Crippen LogP contribution in [0.4, 0.5) is 0 Å². The van der Waals surface area contributed by atoms with E-state index in [9.17, 15) is 24.6 Å². The number of piperazine rings is 1. The number of allylic oxidation sites excluding steroid dienone is 1. The smallest absolute Gasteiger partial charge is 0.334 e. The number of dihydropyridines is 1. The molecule has 46 heavy (non-hydrogen) atoms. The molecule has 2 unspecified atom stereocenters. The topological polar surface area (TPSA) is 132 Å². The lowest BCUT2D eigenvalue weighted by molar-refractivity contribution is -0.133. The third-order valence-corrected chi connectivity index (χ3v) is 9.06. The lowest BCUT2D eigenvalue weighted by Crippen LogP contribution is -2.53. The molecule has 0 saturated carbocycles. The lowest BCUT2D eigenvalue weighted by Gasteiger charge is -2.41. The molecule has 240 valence electrons. The van der Waals surface area contributed by atoms with E-state index in [1.54, 1.807) is 19.4 Å². The van der Waals surface area contributed by atoms with Crippen molar-refractivity contribution in [2.75, 3.05) is 33.3 Å². The van der Waals surface area contributed by atoms with Gasteiger partial charge in [0.05, 0.1) is 35.6 Å². The van der Waals surface area contributed by atoms with Crippen LogP contribution in [0.3, 0.4) is 0 Å². The summed E-state index contributed by atoms with van der Waals surface area (Å²) >= 11 is 13.2. The van der Waals surface area contributed by atoms with Crippen LogP contribution in [0.25, 0.3) is 0 Å². The predicted molar refractivity (Wildman–Crippen MR) is 174 cm³/mol. The standard InChI is InChI=1S/C34H34Cl2N4O6/c1-46-27-11-3-2-7-21(27)12-13-25-29(33(42)43)30(28-23(35)9-6-10-24(28)36)31(34(44)45)32(38-25)26(20-41)40-17-15-39(16-18-40)19-22-8-4-5-14-37-22/h2-11,14,20,26,30,38H,12-13,15-19H2,1H3,(H,42,43)(H,44,45). The summed E-state index contributed by atoms with van der Waals surface area (Å²) in [5.74, 6) is -3.43. The number of carbonyl (C=O) groups is 3. The zero-order valence-corrected chi connectivity index (χ0v) is 26.7. The molecule has 1 aromatic heterocycles. The fourth-order valence-electron chi connectivity index (χ4n) is 6.19. The van der Waals surface area contributed by atoms with Gasteiger partial charge < -0.3 is 25.1 Å². The molecule has 2 aliphatic heterocycles. The van der Waals surface area contributed by atoms with E-state index in [1.165, 1.54) is 12.1 Å². The van der Waals surface area contributed by atoms with E-state index in [0.717, 1.165) is 11.3 Å². The molecule has 0 amide bonds. The minimum Gasteiger partial charge on any atom is -0.496 e. The summed E-state index contributed by atoms with van der Waals surface area (Å²) in [6, 6.07) is 16.8. The average molecular weight is 666 g/mol. The number of methoxy groups -OCH3 is 1. The van der Waals surface area contributed by atoms with Gasteiger partial charge in [0.25, 0.3) is 0 Å². The number of rotatable bonds is 12. The first-order valence-electron chi connectivity index (χ1n) is 14.8. The Labute approximate surface area is 276 Å². The SMILES string of the molecule is COc1ccccc1CCC1=C(C(=O)O)C(c2c(Cl)cccc2Cl)C(C(=O)O)=C(C(C=O)N2CCN(Cc3ccccn3)CC2)N1. The van der Waals surface area contributed by atoms with Gasteiger partial charge in [-0.25, -0.2) is 9.59 Å². The third kappa shape index (κ3) is 7.10. The summed E-state index contributed by atoms with van der Waals surface area (Å²) in [5, 5.41) is 24.6. The zero-order valence-electron chi connectivity index (χ0n) is 25.2. The molecular weight excluding hydrogens is 631 g/mol. The van der Waals surface area contributed by atoms with Gasteiger partial charge in [0.2, 0.25) is 0 Å². The minimum atomic E-state index is -1.38. The number of hydrogen-bond donors (Lipinski definition) is 3. The van der Waals surface area contributed by atoms with Gasteiger partial charge >= 0.3 is 11.9 Å². The molecule has 12 heteroatoms. The van der Waals surface area contributed by atoms with E-state index in [-0.39, 0.29) is 44.6 Å². The van der Waals surface area contributed by atoms with Crippen molar-refractivity contribution in [2.45, 2.75) is 31.3 Å². The second-order valence-corrected chi connectivity index (χ2v) is 11.9. The van der Waals surface area contributed by atoms with E-state index in [4.69, 9.17) is 27.9 Å². The maximum atomic E-state index is 13.1. The molecule has 2 atom stereocenters. The van der Waals surface area contributed by atoms with Crippen molar-refractivity contribution in [1.29, 1.82) is 0 Å². The maximum absolute atomic E-state index is 13.1. The molecule has 5 rings (SSSR count). The monoisotopic (exact) mass is 664 g/mol. The molecule has 3 heterocycles. The maximum Gasteiger partial charge on any atom is 0.334 e. The lowest BCUT2D eigenvalue weighted by atomic mass is 9.78. The molecule has 2 aromatic carbocycles. The van der Waals surface area contributed by atoms with Gasteiger partial charge in [-0.15, -0.1) is 0 Å². The summed E-state index contributed by atoms with van der Waals surface area (Å²) in [7, 11) is 1.56. The molecular formula is C34H34Cl2N4O6. The highest BCUT2D eigenvalue weighted by molar-refractivity contribution is 6.36. The Balaban J connectivity index is 1.56. The highest BCUT2D eigenvalue weighted by atomic mass is 35.5. The van der Waals surface area contributed by atoms with E-state index < -0.39 is 23.9 Å². The summed E-state index contributed by atoms with van der Waals surface area (Å²) in [6.45, 7) is 2.82. The molecule has 3 N–H and O–H groups in total. The van der Waals surface area contributed by atoms with Crippen LogP contribution in [0.15, 0.2) is 89.4 Å². The van der Waals surface area contributed by atoms with Gasteiger partial charge in [-0.05, 0) is 48.7 Å². The number of aliphatic carboxylic acids is 2. The Hall–Kier alpha value is -4.22. The number of aryl methyl sites for hydroxylation is 1. The molecule has 0 aliphatic carbocycles. The van der Waals surface area contributed by atoms with Crippen molar-refractivity contribution in [3.05, 3.63) is 116 Å². The van der Waals surface area contributed by atoms with Gasteiger partial charge in [0.1, 0.15) is 18.1 Å². The Morgan fingerprint density at radius 1 is 0.957 bits per heavy atom. The van der Waals surface area contributed by atoms with E-state index in [2.05, 4.69) is 15.2 Å². The Morgan fingerprint density at radius 2 is 1.63 bits per heavy atom. The molecule has 1 fully saturated rings. The van der Waals surface area contributed by atoms with Crippen molar-refractivity contribution in [1.82, 2.24) is 20.1 Å². The van der Waals surface area contributed by atoms with Crippen LogP contribution < -0.4 is 10.1 Å². The van der Waals surface area contributed by atoms with Crippen LogP contribution in [0.2, 0.25) is 10.0 Å². The number of nitrogens with one attached hydrogen (secondary N) is 1. The minimum absolute atomic E-state index is 0.0988. The predicted octanol–water partition coefficient (Wildman–Crippen LogP) is 4.78. The van der Waals surface area contributed by atoms with Crippen molar-refractivity contribution >= 4 is 41.4 Å². The first kappa shape index (κ1) is 33.2. The highest BCUT2D eigenvalue weighted by Crippen LogP contribution is 2.45. The number of pyridine rings is 1. The highest BCUT2D eigenvalue weighted by Gasteiger charge is 2.43. The number of aromatic nitrogens is 1. The summed E-state index contributed by atoms with van der Waals surface area (Å²) in [4.78, 5) is 47.5. The van der Waals surface area contributed by atoms with Gasteiger partial charge in [0, 0.05) is 60.2 Å². The largest absolute Gasteiger partial charge is 0.496 e. The Morgan fingerprint density at radius 3 is 2.24 bits per heavy atom. The van der Waals surface area contributed by atoms with Crippen molar-refractivity contribution in [2.24, 2.45) is 0 Å². The van der Waals surface area contributed by atoms with Gasteiger partial charge in [-0.2, -0.15) is 0 Å².